The van der Waals surface area contributed by atoms with Gasteiger partial charge in [0.1, 0.15) is 5.69 Å². The monoisotopic (exact) mass is 725 g/mol. The molecule has 7 rings (SSSR count). The molecule has 1 aliphatic heterocycles. The van der Waals surface area contributed by atoms with Gasteiger partial charge >= 0.3 is 0 Å². The summed E-state index contributed by atoms with van der Waals surface area (Å²) in [5.41, 5.74) is 3.94. The van der Waals surface area contributed by atoms with Gasteiger partial charge in [0.2, 0.25) is 0 Å². The van der Waals surface area contributed by atoms with E-state index in [-0.39, 0.29) is 23.9 Å². The van der Waals surface area contributed by atoms with E-state index in [0.717, 1.165) is 52.1 Å². The third-order valence-corrected chi connectivity index (χ3v) is 11.3. The molecule has 3 N–H and O–H groups in total. The molecule has 0 spiro atoms. The number of carbonyl (C=O) groups is 2. The molecule has 0 unspecified atom stereocenters. The van der Waals surface area contributed by atoms with E-state index in [0.29, 0.717) is 61.0 Å². The van der Waals surface area contributed by atoms with Crippen molar-refractivity contribution in [2.75, 3.05) is 19.8 Å². The Morgan fingerprint density at radius 2 is 1.55 bits per heavy atom. The lowest BCUT2D eigenvalue weighted by Crippen LogP contribution is -2.48. The van der Waals surface area contributed by atoms with Gasteiger partial charge in [-0.3, -0.25) is 14.5 Å². The molecule has 0 saturated heterocycles. The molecule has 2 aliphatic rings. The number of aromatic amines is 1. The zero-order valence-corrected chi connectivity index (χ0v) is 30.6. The van der Waals surface area contributed by atoms with E-state index in [9.17, 15) is 9.59 Å². The maximum atomic E-state index is 13.9. The van der Waals surface area contributed by atoms with Crippen LogP contribution >= 0.6 is 22.9 Å². The quantitative estimate of drug-likeness (QED) is 0.119. The fraction of sp³-hybridized carbons (Fsp3) is 0.375. The van der Waals surface area contributed by atoms with E-state index in [1.807, 2.05) is 72.8 Å². The standard InChI is InChI=1S/C40H44ClN5O4S/c1-26(2)46-16-15-32-36(21-46)51-39(45-32)38(48)44-35-20-40(24-49-22-27-9-5-3-6-10-27,25-50-23-28-11-7-4-8-12-28)19-34(35)43-37(47)33-18-29-17-30(41)13-14-31(29)42-33/h3-14,17-18,26,34-35,42H,15-16,19-25H2,1-2H3,(H,43,47)(H,44,48)/t34-,35-/m1/s1. The van der Waals surface area contributed by atoms with Crippen LogP contribution in [0.4, 0.5) is 0 Å². The van der Waals surface area contributed by atoms with Crippen molar-refractivity contribution in [1.82, 2.24) is 25.5 Å². The molecule has 1 saturated carbocycles. The Morgan fingerprint density at radius 3 is 2.18 bits per heavy atom. The van der Waals surface area contributed by atoms with E-state index >= 15 is 0 Å². The van der Waals surface area contributed by atoms with Gasteiger partial charge in [0.15, 0.2) is 5.01 Å². The Hall–Kier alpha value is -4.06. The fourth-order valence-electron chi connectivity index (χ4n) is 7.26. The first-order chi connectivity index (χ1) is 24.7. The summed E-state index contributed by atoms with van der Waals surface area (Å²) in [7, 11) is 0. The third kappa shape index (κ3) is 8.54. The Morgan fingerprint density at radius 1 is 0.922 bits per heavy atom. The second-order valence-electron chi connectivity index (χ2n) is 14.1. The van der Waals surface area contributed by atoms with E-state index < -0.39 is 5.41 Å². The molecule has 0 bridgehead atoms. The highest BCUT2D eigenvalue weighted by molar-refractivity contribution is 7.13. The molecule has 266 valence electrons. The number of carbonyl (C=O) groups excluding carboxylic acids is 2. The highest BCUT2D eigenvalue weighted by Gasteiger charge is 2.47. The van der Waals surface area contributed by atoms with Crippen LogP contribution in [0, 0.1) is 5.41 Å². The van der Waals surface area contributed by atoms with Crippen molar-refractivity contribution >= 4 is 45.7 Å². The summed E-state index contributed by atoms with van der Waals surface area (Å²) in [5, 5.41) is 8.47. The molecule has 3 heterocycles. The summed E-state index contributed by atoms with van der Waals surface area (Å²) in [6.07, 6.45) is 1.94. The third-order valence-electron chi connectivity index (χ3n) is 9.98. The molecule has 2 atom stereocenters. The number of halogens is 1. The summed E-state index contributed by atoms with van der Waals surface area (Å²) in [5.74, 6) is -0.475. The topological polar surface area (TPSA) is 109 Å². The van der Waals surface area contributed by atoms with Crippen LogP contribution in [-0.4, -0.2) is 64.6 Å². The number of amides is 2. The van der Waals surface area contributed by atoms with Gasteiger partial charge < -0.3 is 25.1 Å². The molecular weight excluding hydrogens is 682 g/mol. The van der Waals surface area contributed by atoms with Gasteiger partial charge in [0.05, 0.1) is 44.2 Å². The van der Waals surface area contributed by atoms with Crippen LogP contribution in [0.25, 0.3) is 10.9 Å². The summed E-state index contributed by atoms with van der Waals surface area (Å²) < 4.78 is 12.8. The number of thiazole rings is 1. The normalized spacial score (nSPS) is 18.6. The largest absolute Gasteiger partial charge is 0.376 e. The van der Waals surface area contributed by atoms with Crippen LogP contribution in [0.5, 0.6) is 0 Å². The second-order valence-corrected chi connectivity index (χ2v) is 15.7. The van der Waals surface area contributed by atoms with Gasteiger partial charge in [-0.15, -0.1) is 11.3 Å². The van der Waals surface area contributed by atoms with Crippen molar-refractivity contribution in [1.29, 1.82) is 0 Å². The van der Waals surface area contributed by atoms with Crippen LogP contribution in [-0.2, 0) is 35.7 Å². The molecule has 1 fully saturated rings. The van der Waals surface area contributed by atoms with Gasteiger partial charge in [-0.25, -0.2) is 4.98 Å². The molecule has 9 nitrogen and oxygen atoms in total. The minimum absolute atomic E-state index is 0.221. The van der Waals surface area contributed by atoms with Crippen LogP contribution in [0.3, 0.4) is 0 Å². The van der Waals surface area contributed by atoms with Gasteiger partial charge in [-0.1, -0.05) is 72.3 Å². The van der Waals surface area contributed by atoms with Gasteiger partial charge in [-0.2, -0.15) is 0 Å². The molecule has 3 aromatic carbocycles. The first-order valence-electron chi connectivity index (χ1n) is 17.6. The van der Waals surface area contributed by atoms with E-state index in [1.54, 1.807) is 12.1 Å². The predicted octanol–water partition coefficient (Wildman–Crippen LogP) is 7.16. The first kappa shape index (κ1) is 35.3. The Balaban J connectivity index is 1.13. The molecular formula is C40H44ClN5O4S. The zero-order valence-electron chi connectivity index (χ0n) is 29.0. The Kier molecular flexibility index (Phi) is 10.9. The van der Waals surface area contributed by atoms with Crippen molar-refractivity contribution in [2.24, 2.45) is 5.41 Å². The number of fused-ring (bicyclic) bond motifs is 2. The maximum absolute atomic E-state index is 13.9. The molecule has 0 radical (unpaired) electrons. The number of hydrogen-bond acceptors (Lipinski definition) is 7. The SMILES string of the molecule is CC(C)N1CCc2nc(C(=O)N[C@@H]3CC(COCc4ccccc4)(COCc4ccccc4)C[C@H]3NC(=O)c3cc4cc(Cl)ccc4[nH]3)sc2C1. The number of ether oxygens (including phenoxy) is 2. The Bertz CT molecular complexity index is 1920. The number of aromatic nitrogens is 2. The number of benzene rings is 3. The van der Waals surface area contributed by atoms with Crippen LogP contribution in [0.1, 0.15) is 68.7 Å². The lowest BCUT2D eigenvalue weighted by Gasteiger charge is -2.29. The molecule has 11 heteroatoms. The number of hydrogen-bond donors (Lipinski definition) is 3. The van der Waals surface area contributed by atoms with Crippen LogP contribution in [0.2, 0.25) is 5.02 Å². The minimum atomic E-state index is -0.479. The smallest absolute Gasteiger partial charge is 0.280 e. The first-order valence-corrected chi connectivity index (χ1v) is 18.8. The van der Waals surface area contributed by atoms with Crippen LogP contribution in [0.15, 0.2) is 84.9 Å². The molecule has 2 aromatic heterocycles. The summed E-state index contributed by atoms with van der Waals surface area (Å²) >= 11 is 7.69. The molecule has 51 heavy (non-hydrogen) atoms. The van der Waals surface area contributed by atoms with Crippen LogP contribution < -0.4 is 10.6 Å². The van der Waals surface area contributed by atoms with Crippen molar-refractivity contribution in [3.8, 4) is 0 Å². The van der Waals surface area contributed by atoms with E-state index in [2.05, 4.69) is 34.4 Å². The summed E-state index contributed by atoms with van der Waals surface area (Å²) in [4.78, 5) is 39.3. The van der Waals surface area contributed by atoms with Crippen molar-refractivity contribution in [2.45, 2.75) is 71.0 Å². The van der Waals surface area contributed by atoms with Crippen molar-refractivity contribution in [3.05, 3.63) is 122 Å². The maximum Gasteiger partial charge on any atom is 0.280 e. The second kappa shape index (κ2) is 15.7. The average molecular weight is 726 g/mol. The lowest BCUT2D eigenvalue weighted by molar-refractivity contribution is -0.0315. The van der Waals surface area contributed by atoms with Gasteiger partial charge in [-0.05, 0) is 62.1 Å². The number of H-pyrrole nitrogens is 1. The van der Waals surface area contributed by atoms with Crippen molar-refractivity contribution < 1.29 is 19.1 Å². The van der Waals surface area contributed by atoms with Gasteiger partial charge in [0, 0.05) is 51.8 Å². The minimum Gasteiger partial charge on any atom is -0.376 e. The number of nitrogens with one attached hydrogen (secondary N) is 3. The predicted molar refractivity (Wildman–Crippen MR) is 201 cm³/mol. The summed E-state index contributed by atoms with van der Waals surface area (Å²) in [6, 6.07) is 27.1. The molecule has 5 aromatic rings. The fourth-order valence-corrected chi connectivity index (χ4v) is 8.47. The highest BCUT2D eigenvalue weighted by Crippen LogP contribution is 2.40. The summed E-state index contributed by atoms with van der Waals surface area (Å²) in [6.45, 7) is 7.82. The number of nitrogens with zero attached hydrogens (tertiary/aromatic N) is 2. The lowest BCUT2D eigenvalue weighted by atomic mass is 9.87. The van der Waals surface area contributed by atoms with Crippen molar-refractivity contribution in [3.63, 3.8) is 0 Å². The molecule has 1 aliphatic carbocycles. The van der Waals surface area contributed by atoms with Gasteiger partial charge in [0.25, 0.3) is 11.8 Å². The number of rotatable bonds is 13. The van der Waals surface area contributed by atoms with E-state index in [4.69, 9.17) is 26.1 Å². The molecule has 2 amide bonds. The zero-order chi connectivity index (χ0) is 35.4. The Labute approximate surface area is 307 Å². The highest BCUT2D eigenvalue weighted by atomic mass is 35.5. The average Bonchev–Trinajstić information content (AvgIpc) is 3.84. The van der Waals surface area contributed by atoms with E-state index in [1.165, 1.54) is 11.3 Å².